The molecular weight excluding hydrogens is 429 g/mol. The Morgan fingerprint density at radius 2 is 1.58 bits per heavy atom. The number of hydrogen-bond donors (Lipinski definition) is 1. The Labute approximate surface area is 193 Å². The molecule has 2 aromatic rings. The van der Waals surface area contributed by atoms with E-state index < -0.39 is 0 Å². The molecule has 0 atom stereocenters. The van der Waals surface area contributed by atoms with Gasteiger partial charge >= 0.3 is 0 Å². The van der Waals surface area contributed by atoms with E-state index in [2.05, 4.69) is 5.32 Å². The molecule has 3 rings (SSSR count). The van der Waals surface area contributed by atoms with Crippen molar-refractivity contribution in [3.8, 4) is 17.2 Å². The lowest BCUT2D eigenvalue weighted by atomic mass is 10.1. The lowest BCUT2D eigenvalue weighted by molar-refractivity contribution is -0.122. The molecule has 0 aliphatic carbocycles. The van der Waals surface area contributed by atoms with Gasteiger partial charge in [0.2, 0.25) is 5.91 Å². The first-order chi connectivity index (χ1) is 15.9. The van der Waals surface area contributed by atoms with E-state index >= 15 is 0 Å². The predicted molar refractivity (Wildman–Crippen MR) is 121 cm³/mol. The van der Waals surface area contributed by atoms with Crippen LogP contribution in [-0.4, -0.2) is 75.7 Å². The number of rotatable bonds is 8. The van der Waals surface area contributed by atoms with Crippen LogP contribution < -0.4 is 19.5 Å². The van der Waals surface area contributed by atoms with Crippen molar-refractivity contribution in [2.75, 3.05) is 54.1 Å². The maximum absolute atomic E-state index is 13.8. The van der Waals surface area contributed by atoms with E-state index in [-0.39, 0.29) is 30.7 Å². The van der Waals surface area contributed by atoms with Crippen molar-refractivity contribution >= 4 is 11.8 Å². The van der Waals surface area contributed by atoms with Crippen molar-refractivity contribution in [1.82, 2.24) is 15.1 Å². The number of hydrogen-bond acceptors (Lipinski definition) is 6. The molecular formula is C24H30FN3O5. The van der Waals surface area contributed by atoms with E-state index in [0.717, 1.165) is 5.56 Å². The fourth-order valence-corrected chi connectivity index (χ4v) is 3.70. The summed E-state index contributed by atoms with van der Waals surface area (Å²) in [6.45, 7) is 4.24. The molecule has 1 fully saturated rings. The summed E-state index contributed by atoms with van der Waals surface area (Å²) in [6.07, 6.45) is 0. The molecule has 0 aromatic heterocycles. The number of nitrogens with one attached hydrogen (secondary N) is 1. The van der Waals surface area contributed by atoms with Crippen molar-refractivity contribution in [1.29, 1.82) is 0 Å². The van der Waals surface area contributed by atoms with Gasteiger partial charge < -0.3 is 24.4 Å². The highest BCUT2D eigenvalue weighted by molar-refractivity contribution is 5.94. The van der Waals surface area contributed by atoms with E-state index in [1.807, 2.05) is 4.90 Å². The van der Waals surface area contributed by atoms with Crippen LogP contribution in [0.1, 0.15) is 21.5 Å². The third-order valence-corrected chi connectivity index (χ3v) is 5.71. The predicted octanol–water partition coefficient (Wildman–Crippen LogP) is 2.23. The fraction of sp³-hybridized carbons (Fsp3) is 0.417. The zero-order valence-corrected chi connectivity index (χ0v) is 19.4. The van der Waals surface area contributed by atoms with Gasteiger partial charge in [0.1, 0.15) is 11.6 Å². The average molecular weight is 460 g/mol. The molecule has 1 N–H and O–H groups in total. The van der Waals surface area contributed by atoms with E-state index in [4.69, 9.17) is 14.2 Å². The molecule has 9 heteroatoms. The van der Waals surface area contributed by atoms with E-state index in [0.29, 0.717) is 54.6 Å². The number of methoxy groups -OCH3 is 3. The summed E-state index contributed by atoms with van der Waals surface area (Å²) < 4.78 is 29.8. The molecule has 0 spiro atoms. The highest BCUT2D eigenvalue weighted by Gasteiger charge is 2.24. The summed E-state index contributed by atoms with van der Waals surface area (Å²) in [6, 6.07) is 8.02. The molecule has 2 aromatic carbocycles. The second-order valence-electron chi connectivity index (χ2n) is 7.83. The molecule has 1 aliphatic rings. The normalized spacial score (nSPS) is 14.0. The lowest BCUT2D eigenvalue weighted by Crippen LogP contribution is -2.51. The molecule has 0 unspecified atom stereocenters. The summed E-state index contributed by atoms with van der Waals surface area (Å²) in [5, 5.41) is 2.90. The number of benzene rings is 2. The van der Waals surface area contributed by atoms with E-state index in [1.54, 1.807) is 57.4 Å². The van der Waals surface area contributed by atoms with Crippen LogP contribution in [0.3, 0.4) is 0 Å². The third kappa shape index (κ3) is 5.92. The first-order valence-electron chi connectivity index (χ1n) is 10.7. The Morgan fingerprint density at radius 1 is 0.939 bits per heavy atom. The quantitative estimate of drug-likeness (QED) is 0.652. The van der Waals surface area contributed by atoms with Gasteiger partial charge in [-0.2, -0.15) is 0 Å². The van der Waals surface area contributed by atoms with Crippen LogP contribution in [0.25, 0.3) is 0 Å². The Hall–Kier alpha value is -3.33. The molecule has 178 valence electrons. The van der Waals surface area contributed by atoms with Gasteiger partial charge in [-0.1, -0.05) is 6.07 Å². The number of nitrogens with zero attached hydrogens (tertiary/aromatic N) is 2. The molecule has 1 saturated heterocycles. The molecule has 2 amide bonds. The second kappa shape index (κ2) is 11.0. The van der Waals surface area contributed by atoms with Crippen LogP contribution >= 0.6 is 0 Å². The van der Waals surface area contributed by atoms with Crippen LogP contribution in [0, 0.1) is 12.7 Å². The molecule has 8 nitrogen and oxygen atoms in total. The summed E-state index contributed by atoms with van der Waals surface area (Å²) in [4.78, 5) is 28.8. The number of carbonyl (C=O) groups is 2. The number of amides is 2. The van der Waals surface area contributed by atoms with Crippen molar-refractivity contribution in [3.05, 3.63) is 52.8 Å². The van der Waals surface area contributed by atoms with E-state index in [1.165, 1.54) is 6.07 Å². The molecule has 1 aliphatic heterocycles. The minimum atomic E-state index is -0.387. The molecule has 0 radical (unpaired) electrons. The SMILES string of the molecule is COc1cc(OC)c(OC)cc1CNC(=O)CN1CCN(C(=O)c2ccc(C)c(F)c2)CC1. The highest BCUT2D eigenvalue weighted by Crippen LogP contribution is 2.34. The Balaban J connectivity index is 1.50. The van der Waals surface area contributed by atoms with Crippen molar-refractivity contribution in [2.45, 2.75) is 13.5 Å². The first kappa shape index (κ1) is 24.3. The zero-order chi connectivity index (χ0) is 24.0. The number of aryl methyl sites for hydroxylation is 1. The number of carbonyl (C=O) groups excluding carboxylic acids is 2. The smallest absolute Gasteiger partial charge is 0.254 e. The molecule has 1 heterocycles. The third-order valence-electron chi connectivity index (χ3n) is 5.71. The molecule has 0 saturated carbocycles. The van der Waals surface area contributed by atoms with Gasteiger partial charge in [0.15, 0.2) is 11.5 Å². The molecule has 0 bridgehead atoms. The number of ether oxygens (including phenoxy) is 3. The van der Waals surface area contributed by atoms with Gasteiger partial charge in [-0.25, -0.2) is 4.39 Å². The fourth-order valence-electron chi connectivity index (χ4n) is 3.70. The van der Waals surface area contributed by atoms with E-state index in [9.17, 15) is 14.0 Å². The Morgan fingerprint density at radius 3 is 2.18 bits per heavy atom. The van der Waals surface area contributed by atoms with Crippen LogP contribution in [0.15, 0.2) is 30.3 Å². The van der Waals surface area contributed by atoms with Crippen LogP contribution in [0.5, 0.6) is 17.2 Å². The maximum atomic E-state index is 13.8. The van der Waals surface area contributed by atoms with Gasteiger partial charge in [-0.15, -0.1) is 0 Å². The van der Waals surface area contributed by atoms with Gasteiger partial charge in [-0.05, 0) is 30.7 Å². The minimum absolute atomic E-state index is 0.132. The lowest BCUT2D eigenvalue weighted by Gasteiger charge is -2.34. The highest BCUT2D eigenvalue weighted by atomic mass is 19.1. The number of halogens is 1. The zero-order valence-electron chi connectivity index (χ0n) is 19.4. The van der Waals surface area contributed by atoms with Gasteiger partial charge in [0.25, 0.3) is 5.91 Å². The van der Waals surface area contributed by atoms with Gasteiger partial charge in [0.05, 0.1) is 27.9 Å². The van der Waals surface area contributed by atoms with Gasteiger partial charge in [-0.3, -0.25) is 14.5 Å². The minimum Gasteiger partial charge on any atom is -0.496 e. The monoisotopic (exact) mass is 459 g/mol. The topological polar surface area (TPSA) is 80.3 Å². The van der Waals surface area contributed by atoms with Crippen molar-refractivity contribution in [3.63, 3.8) is 0 Å². The Kier molecular flexibility index (Phi) is 8.11. The number of piperazine rings is 1. The molecule has 33 heavy (non-hydrogen) atoms. The van der Waals surface area contributed by atoms with Crippen molar-refractivity contribution < 1.29 is 28.2 Å². The summed E-state index contributed by atoms with van der Waals surface area (Å²) >= 11 is 0. The van der Waals surface area contributed by atoms with Gasteiger partial charge in [0, 0.05) is 49.9 Å². The largest absolute Gasteiger partial charge is 0.496 e. The standard InChI is InChI=1S/C24H30FN3O5/c1-16-5-6-17(11-19(16)25)24(30)28-9-7-27(8-10-28)15-23(29)26-14-18-12-21(32-3)22(33-4)13-20(18)31-2/h5-6,11-13H,7-10,14-15H2,1-4H3,(H,26,29). The summed E-state index contributed by atoms with van der Waals surface area (Å²) in [7, 11) is 4.65. The van der Waals surface area contributed by atoms with Crippen LogP contribution in [0.2, 0.25) is 0 Å². The second-order valence-corrected chi connectivity index (χ2v) is 7.83. The maximum Gasteiger partial charge on any atom is 0.254 e. The Bertz CT molecular complexity index is 1010. The van der Waals surface area contributed by atoms with Crippen molar-refractivity contribution in [2.24, 2.45) is 0 Å². The van der Waals surface area contributed by atoms with Crippen LogP contribution in [-0.2, 0) is 11.3 Å². The van der Waals surface area contributed by atoms with Crippen LogP contribution in [0.4, 0.5) is 4.39 Å². The first-order valence-corrected chi connectivity index (χ1v) is 10.7. The summed E-state index contributed by atoms with van der Waals surface area (Å²) in [5.41, 5.74) is 1.62. The summed E-state index contributed by atoms with van der Waals surface area (Å²) in [5.74, 6) is 0.975. The average Bonchev–Trinajstić information content (AvgIpc) is 2.83.